The summed E-state index contributed by atoms with van der Waals surface area (Å²) in [4.78, 5) is 11.5. The maximum Gasteiger partial charge on any atom is 0.246 e. The summed E-state index contributed by atoms with van der Waals surface area (Å²) < 4.78 is 15.4. The molecule has 106 valence electrons. The Morgan fingerprint density at radius 2 is 2.16 bits per heavy atom. The SMILES string of the molecule is COCC(C)NC(=O)COCc1cccc(OC)c1. The van der Waals surface area contributed by atoms with Crippen LogP contribution in [0, 0.1) is 0 Å². The number of hydrogen-bond donors (Lipinski definition) is 1. The molecular formula is C14H21NO4. The third kappa shape index (κ3) is 6.22. The smallest absolute Gasteiger partial charge is 0.246 e. The predicted molar refractivity (Wildman–Crippen MR) is 72.1 cm³/mol. The van der Waals surface area contributed by atoms with Gasteiger partial charge in [-0.25, -0.2) is 0 Å². The van der Waals surface area contributed by atoms with E-state index in [9.17, 15) is 4.79 Å². The molecule has 0 saturated heterocycles. The Labute approximate surface area is 113 Å². The molecule has 0 aliphatic carbocycles. The van der Waals surface area contributed by atoms with Crippen molar-refractivity contribution in [3.8, 4) is 5.75 Å². The zero-order valence-electron chi connectivity index (χ0n) is 11.6. The maximum atomic E-state index is 11.5. The van der Waals surface area contributed by atoms with Gasteiger partial charge in [-0.15, -0.1) is 0 Å². The number of amides is 1. The second-order valence-corrected chi connectivity index (χ2v) is 4.27. The van der Waals surface area contributed by atoms with Crippen molar-refractivity contribution >= 4 is 5.91 Å². The van der Waals surface area contributed by atoms with Gasteiger partial charge in [0.05, 0.1) is 20.3 Å². The molecule has 0 heterocycles. The number of carbonyl (C=O) groups excluding carboxylic acids is 1. The largest absolute Gasteiger partial charge is 0.497 e. The minimum Gasteiger partial charge on any atom is -0.497 e. The van der Waals surface area contributed by atoms with Crippen LogP contribution in [0.1, 0.15) is 12.5 Å². The van der Waals surface area contributed by atoms with E-state index in [1.807, 2.05) is 31.2 Å². The molecule has 1 N–H and O–H groups in total. The first-order valence-corrected chi connectivity index (χ1v) is 6.14. The first-order valence-electron chi connectivity index (χ1n) is 6.14. The van der Waals surface area contributed by atoms with E-state index in [0.29, 0.717) is 13.2 Å². The van der Waals surface area contributed by atoms with Crippen LogP contribution < -0.4 is 10.1 Å². The van der Waals surface area contributed by atoms with Gasteiger partial charge in [0.15, 0.2) is 0 Å². The highest BCUT2D eigenvalue weighted by atomic mass is 16.5. The summed E-state index contributed by atoms with van der Waals surface area (Å²) >= 11 is 0. The van der Waals surface area contributed by atoms with Crippen LogP contribution in [0.25, 0.3) is 0 Å². The minimum absolute atomic E-state index is 0.0158. The van der Waals surface area contributed by atoms with Crippen LogP contribution in [-0.4, -0.2) is 39.4 Å². The van der Waals surface area contributed by atoms with Crippen LogP contribution in [0.4, 0.5) is 0 Å². The Morgan fingerprint density at radius 1 is 1.37 bits per heavy atom. The van der Waals surface area contributed by atoms with Crippen molar-refractivity contribution in [2.45, 2.75) is 19.6 Å². The molecule has 0 aliphatic rings. The molecule has 0 spiro atoms. The molecule has 1 rings (SSSR count). The monoisotopic (exact) mass is 267 g/mol. The van der Waals surface area contributed by atoms with Gasteiger partial charge < -0.3 is 19.5 Å². The maximum absolute atomic E-state index is 11.5. The standard InChI is InChI=1S/C14H21NO4/c1-11(8-17-2)15-14(16)10-19-9-12-5-4-6-13(7-12)18-3/h4-7,11H,8-10H2,1-3H3,(H,15,16). The molecule has 0 fully saturated rings. The molecule has 19 heavy (non-hydrogen) atoms. The van der Waals surface area contributed by atoms with Gasteiger partial charge in [-0.05, 0) is 24.6 Å². The Bertz CT molecular complexity index is 395. The lowest BCUT2D eigenvalue weighted by Crippen LogP contribution is -2.37. The molecule has 1 amide bonds. The molecule has 0 aliphatic heterocycles. The van der Waals surface area contributed by atoms with Gasteiger partial charge in [-0.2, -0.15) is 0 Å². The van der Waals surface area contributed by atoms with Crippen LogP contribution in [-0.2, 0) is 20.9 Å². The molecule has 1 aromatic carbocycles. The molecule has 0 aromatic heterocycles. The topological polar surface area (TPSA) is 56.8 Å². The number of benzene rings is 1. The molecule has 0 saturated carbocycles. The summed E-state index contributed by atoms with van der Waals surface area (Å²) in [5, 5.41) is 2.78. The van der Waals surface area contributed by atoms with Crippen LogP contribution in [0.2, 0.25) is 0 Å². The highest BCUT2D eigenvalue weighted by Crippen LogP contribution is 2.12. The predicted octanol–water partition coefficient (Wildman–Crippen LogP) is 1.36. The third-order valence-corrected chi connectivity index (χ3v) is 2.46. The van der Waals surface area contributed by atoms with Crippen molar-refractivity contribution in [3.05, 3.63) is 29.8 Å². The van der Waals surface area contributed by atoms with Crippen LogP contribution >= 0.6 is 0 Å². The highest BCUT2D eigenvalue weighted by molar-refractivity contribution is 5.77. The summed E-state index contributed by atoms with van der Waals surface area (Å²) in [6, 6.07) is 7.54. The Kier molecular flexibility index (Phi) is 6.92. The Balaban J connectivity index is 2.27. The summed E-state index contributed by atoms with van der Waals surface area (Å²) in [7, 11) is 3.21. The molecule has 0 radical (unpaired) electrons. The number of nitrogens with one attached hydrogen (secondary N) is 1. The van der Waals surface area contributed by atoms with Gasteiger partial charge in [0.1, 0.15) is 12.4 Å². The van der Waals surface area contributed by atoms with E-state index in [0.717, 1.165) is 11.3 Å². The quantitative estimate of drug-likeness (QED) is 0.772. The van der Waals surface area contributed by atoms with Crippen molar-refractivity contribution in [3.63, 3.8) is 0 Å². The van der Waals surface area contributed by atoms with Gasteiger partial charge in [-0.3, -0.25) is 4.79 Å². The molecule has 1 unspecified atom stereocenters. The zero-order chi connectivity index (χ0) is 14.1. The Morgan fingerprint density at radius 3 is 2.84 bits per heavy atom. The molecular weight excluding hydrogens is 246 g/mol. The van der Waals surface area contributed by atoms with E-state index in [1.54, 1.807) is 14.2 Å². The van der Waals surface area contributed by atoms with Crippen molar-refractivity contribution in [1.82, 2.24) is 5.32 Å². The molecule has 5 heteroatoms. The van der Waals surface area contributed by atoms with E-state index in [1.165, 1.54) is 0 Å². The van der Waals surface area contributed by atoms with Gasteiger partial charge >= 0.3 is 0 Å². The normalized spacial score (nSPS) is 11.9. The van der Waals surface area contributed by atoms with E-state index in [4.69, 9.17) is 14.2 Å². The number of hydrogen-bond acceptors (Lipinski definition) is 4. The van der Waals surface area contributed by atoms with Crippen LogP contribution in [0.3, 0.4) is 0 Å². The van der Waals surface area contributed by atoms with E-state index >= 15 is 0 Å². The third-order valence-electron chi connectivity index (χ3n) is 2.46. The Hall–Kier alpha value is -1.59. The fraction of sp³-hybridized carbons (Fsp3) is 0.500. The fourth-order valence-corrected chi connectivity index (χ4v) is 1.63. The summed E-state index contributed by atoms with van der Waals surface area (Å²) in [6.07, 6.45) is 0. The molecule has 1 aromatic rings. The van der Waals surface area contributed by atoms with Crippen LogP contribution in [0.15, 0.2) is 24.3 Å². The molecule has 0 bridgehead atoms. The van der Waals surface area contributed by atoms with Gasteiger partial charge in [0.2, 0.25) is 5.91 Å². The average molecular weight is 267 g/mol. The van der Waals surface area contributed by atoms with E-state index < -0.39 is 0 Å². The highest BCUT2D eigenvalue weighted by Gasteiger charge is 2.07. The van der Waals surface area contributed by atoms with Crippen molar-refractivity contribution in [2.24, 2.45) is 0 Å². The summed E-state index contributed by atoms with van der Waals surface area (Å²) in [5.41, 5.74) is 0.970. The summed E-state index contributed by atoms with van der Waals surface area (Å²) in [6.45, 7) is 2.78. The lowest BCUT2D eigenvalue weighted by atomic mass is 10.2. The molecule has 5 nitrogen and oxygen atoms in total. The first kappa shape index (κ1) is 15.5. The fourth-order valence-electron chi connectivity index (χ4n) is 1.63. The minimum atomic E-state index is -0.146. The zero-order valence-corrected chi connectivity index (χ0v) is 11.6. The lowest BCUT2D eigenvalue weighted by Gasteiger charge is -2.12. The second kappa shape index (κ2) is 8.50. The first-order chi connectivity index (χ1) is 9.15. The number of ether oxygens (including phenoxy) is 3. The second-order valence-electron chi connectivity index (χ2n) is 4.27. The number of rotatable bonds is 8. The van der Waals surface area contributed by atoms with Gasteiger partial charge in [0, 0.05) is 13.2 Å². The van der Waals surface area contributed by atoms with Crippen molar-refractivity contribution in [2.75, 3.05) is 27.4 Å². The van der Waals surface area contributed by atoms with Gasteiger partial charge in [-0.1, -0.05) is 12.1 Å². The van der Waals surface area contributed by atoms with Gasteiger partial charge in [0.25, 0.3) is 0 Å². The van der Waals surface area contributed by atoms with E-state index in [2.05, 4.69) is 5.32 Å². The number of carbonyl (C=O) groups is 1. The average Bonchev–Trinajstić information content (AvgIpc) is 2.39. The molecule has 1 atom stereocenters. The van der Waals surface area contributed by atoms with Crippen molar-refractivity contribution in [1.29, 1.82) is 0 Å². The van der Waals surface area contributed by atoms with Crippen LogP contribution in [0.5, 0.6) is 5.75 Å². The van der Waals surface area contributed by atoms with Crippen molar-refractivity contribution < 1.29 is 19.0 Å². The lowest BCUT2D eigenvalue weighted by molar-refractivity contribution is -0.127. The summed E-state index contributed by atoms with van der Waals surface area (Å²) in [5.74, 6) is 0.631. The number of methoxy groups -OCH3 is 2. The van der Waals surface area contributed by atoms with E-state index in [-0.39, 0.29) is 18.6 Å².